The second-order valence-electron chi connectivity index (χ2n) is 7.38. The lowest BCUT2D eigenvalue weighted by atomic mass is 10.1. The van der Waals surface area contributed by atoms with Crippen LogP contribution in [0.1, 0.15) is 45.3 Å². The molecule has 168 valence electrons. The van der Waals surface area contributed by atoms with Crippen molar-refractivity contribution < 1.29 is 39.4 Å². The number of amides is 1. The third-order valence-corrected chi connectivity index (χ3v) is 4.45. The number of esters is 1. The first-order valence-corrected chi connectivity index (χ1v) is 10.6. The van der Waals surface area contributed by atoms with E-state index in [1.54, 1.807) is 32.5 Å². The molecule has 30 heavy (non-hydrogen) atoms. The van der Waals surface area contributed by atoms with Gasteiger partial charge in [-0.3, -0.25) is 0 Å². The summed E-state index contributed by atoms with van der Waals surface area (Å²) in [7, 11) is 0. The number of hydrogen-bond donors (Lipinski definition) is 4. The SMILES string of the molecule is CSCCC[C@@H](NC(=O)OC(C(=O)OC(C)(C)C)c1ccccc1[NH+]([O-])O)C(=O)O. The number of alkyl carbamates (subject to hydrolysis) is 1. The van der Waals surface area contributed by atoms with Gasteiger partial charge in [0, 0.05) is 6.07 Å². The van der Waals surface area contributed by atoms with Gasteiger partial charge in [-0.2, -0.15) is 17.0 Å². The summed E-state index contributed by atoms with van der Waals surface area (Å²) in [6, 6.07) is 4.34. The minimum absolute atomic E-state index is 0.0799. The zero-order valence-corrected chi connectivity index (χ0v) is 18.2. The van der Waals surface area contributed by atoms with E-state index in [9.17, 15) is 29.9 Å². The third-order valence-electron chi connectivity index (χ3n) is 3.75. The van der Waals surface area contributed by atoms with Gasteiger partial charge in [0.05, 0.1) is 5.56 Å². The molecule has 0 radical (unpaired) electrons. The molecule has 11 heteroatoms. The van der Waals surface area contributed by atoms with Gasteiger partial charge in [-0.15, -0.1) is 0 Å². The molecule has 0 fully saturated rings. The van der Waals surface area contributed by atoms with Crippen LogP contribution in [0, 0.1) is 5.21 Å². The van der Waals surface area contributed by atoms with Gasteiger partial charge in [0.1, 0.15) is 11.6 Å². The van der Waals surface area contributed by atoms with Crippen LogP contribution in [0.25, 0.3) is 0 Å². The Balaban J connectivity index is 3.10. The fourth-order valence-electron chi connectivity index (χ4n) is 2.49. The predicted octanol–water partition coefficient (Wildman–Crippen LogP) is 1.80. The van der Waals surface area contributed by atoms with Crippen LogP contribution < -0.4 is 10.5 Å². The van der Waals surface area contributed by atoms with Gasteiger partial charge in [-0.1, -0.05) is 12.1 Å². The smallest absolute Gasteiger partial charge is 0.409 e. The van der Waals surface area contributed by atoms with Crippen molar-refractivity contribution in [3.63, 3.8) is 0 Å². The molecule has 0 aromatic heterocycles. The van der Waals surface area contributed by atoms with Gasteiger partial charge in [-0.05, 0) is 51.7 Å². The highest BCUT2D eigenvalue weighted by Gasteiger charge is 2.34. The van der Waals surface area contributed by atoms with Crippen molar-refractivity contribution in [2.75, 3.05) is 12.0 Å². The maximum atomic E-state index is 12.7. The number of hydrogen-bond acceptors (Lipinski definition) is 8. The summed E-state index contributed by atoms with van der Waals surface area (Å²) in [5.74, 6) is -1.50. The molecule has 2 unspecified atom stereocenters. The molecule has 3 atom stereocenters. The van der Waals surface area contributed by atoms with Crippen molar-refractivity contribution in [1.82, 2.24) is 5.32 Å². The number of benzene rings is 1. The Bertz CT molecular complexity index is 735. The van der Waals surface area contributed by atoms with Crippen LogP contribution in [-0.2, 0) is 19.1 Å². The summed E-state index contributed by atoms with van der Waals surface area (Å²) >= 11 is 1.54. The lowest BCUT2D eigenvalue weighted by molar-refractivity contribution is -0.991. The van der Waals surface area contributed by atoms with Crippen LogP contribution in [-0.4, -0.2) is 52.0 Å². The minimum Gasteiger partial charge on any atom is -0.595 e. The van der Waals surface area contributed by atoms with Gasteiger partial charge >= 0.3 is 18.0 Å². The van der Waals surface area contributed by atoms with E-state index in [-0.39, 0.29) is 17.7 Å². The first kappa shape index (κ1) is 25.7. The molecule has 4 N–H and O–H groups in total. The molecule has 0 aliphatic rings. The van der Waals surface area contributed by atoms with E-state index in [4.69, 9.17) is 9.47 Å². The maximum Gasteiger partial charge on any atom is 0.409 e. The molecule has 0 aliphatic carbocycles. The van der Waals surface area contributed by atoms with E-state index in [0.29, 0.717) is 12.2 Å². The van der Waals surface area contributed by atoms with Crippen molar-refractivity contribution in [1.29, 1.82) is 0 Å². The number of para-hydroxylation sites is 1. The molecule has 0 saturated carbocycles. The molecule has 0 bridgehead atoms. The van der Waals surface area contributed by atoms with E-state index in [0.717, 1.165) is 0 Å². The van der Waals surface area contributed by atoms with Crippen molar-refractivity contribution in [2.24, 2.45) is 0 Å². The summed E-state index contributed by atoms with van der Waals surface area (Å²) in [6.45, 7) is 4.83. The molecule has 0 spiro atoms. The lowest BCUT2D eigenvalue weighted by Crippen LogP contribution is -2.99. The molecular weight excluding hydrogens is 416 g/mol. The average molecular weight is 445 g/mol. The normalized spacial score (nSPS) is 14.3. The maximum absolute atomic E-state index is 12.7. The number of carbonyl (C=O) groups excluding carboxylic acids is 2. The minimum atomic E-state index is -1.68. The van der Waals surface area contributed by atoms with Gasteiger partial charge < -0.3 is 25.1 Å². The van der Waals surface area contributed by atoms with Crippen molar-refractivity contribution in [3.8, 4) is 0 Å². The largest absolute Gasteiger partial charge is 0.595 e. The molecule has 1 rings (SSSR count). The quantitative estimate of drug-likeness (QED) is 0.241. The Kier molecular flexibility index (Phi) is 10.1. The van der Waals surface area contributed by atoms with Crippen molar-refractivity contribution in [3.05, 3.63) is 35.0 Å². The van der Waals surface area contributed by atoms with E-state index in [1.807, 2.05) is 6.26 Å². The van der Waals surface area contributed by atoms with Crippen LogP contribution in [0.3, 0.4) is 0 Å². The molecule has 1 amide bonds. The van der Waals surface area contributed by atoms with Crippen LogP contribution >= 0.6 is 11.8 Å². The first-order valence-electron chi connectivity index (χ1n) is 9.20. The second kappa shape index (κ2) is 11.7. The summed E-state index contributed by atoms with van der Waals surface area (Å²) < 4.78 is 10.4. The summed E-state index contributed by atoms with van der Waals surface area (Å²) in [6.07, 6.45) is -0.244. The Morgan fingerprint density at radius 1 is 1.27 bits per heavy atom. The number of carbonyl (C=O) groups is 3. The Labute approximate surface area is 179 Å². The van der Waals surface area contributed by atoms with Crippen LogP contribution in [0.5, 0.6) is 0 Å². The van der Waals surface area contributed by atoms with Gasteiger partial charge in [0.25, 0.3) is 0 Å². The molecule has 1 aromatic carbocycles. The molecule has 1 aromatic rings. The van der Waals surface area contributed by atoms with Gasteiger partial charge in [-0.25, -0.2) is 19.6 Å². The average Bonchev–Trinajstić information content (AvgIpc) is 2.63. The number of aliphatic carboxylic acids is 1. The Hall–Kier alpha value is -2.34. The number of nitrogens with one attached hydrogen (secondary N) is 2. The third kappa shape index (κ3) is 8.57. The summed E-state index contributed by atoms with van der Waals surface area (Å²) in [5.41, 5.74) is -1.24. The second-order valence-corrected chi connectivity index (χ2v) is 8.37. The monoisotopic (exact) mass is 444 g/mol. The lowest BCUT2D eigenvalue weighted by Gasteiger charge is -2.26. The van der Waals surface area contributed by atoms with Gasteiger partial charge in [0.15, 0.2) is 5.69 Å². The first-order chi connectivity index (χ1) is 14.0. The van der Waals surface area contributed by atoms with E-state index >= 15 is 0 Å². The van der Waals surface area contributed by atoms with Crippen molar-refractivity contribution >= 4 is 35.5 Å². The topological polar surface area (TPSA) is 150 Å². The van der Waals surface area contributed by atoms with Crippen LogP contribution in [0.2, 0.25) is 0 Å². The number of carboxylic acid groups (broad SMARTS) is 1. The molecule has 0 saturated heterocycles. The Morgan fingerprint density at radius 2 is 1.90 bits per heavy atom. The van der Waals surface area contributed by atoms with E-state index < -0.39 is 41.0 Å². The summed E-state index contributed by atoms with van der Waals surface area (Å²) in [5, 5.41) is 31.2. The number of ether oxygens (including phenoxy) is 2. The molecular formula is C19H28N2O8S. The van der Waals surface area contributed by atoms with Crippen molar-refractivity contribution in [2.45, 2.75) is 51.4 Å². The highest BCUT2D eigenvalue weighted by atomic mass is 32.2. The number of rotatable bonds is 10. The van der Waals surface area contributed by atoms with Crippen LogP contribution in [0.4, 0.5) is 10.5 Å². The fraction of sp³-hybridized carbons (Fsp3) is 0.526. The molecule has 0 aliphatic heterocycles. The van der Waals surface area contributed by atoms with E-state index in [2.05, 4.69) is 5.32 Å². The standard InChI is InChI=1S/C19H28N2O8S/c1-19(2,3)29-17(24)15(12-8-5-6-10-14(12)21(26)27)28-18(25)20-13(16(22)23)9-7-11-30-4/h5-6,8,10,13,15,21,26H,7,9,11H2,1-4H3,(H,20,25)(H,22,23)/t13-,15?/m1/s1. The zero-order valence-electron chi connectivity index (χ0n) is 17.3. The van der Waals surface area contributed by atoms with E-state index in [1.165, 1.54) is 24.3 Å². The highest BCUT2D eigenvalue weighted by molar-refractivity contribution is 7.98. The summed E-state index contributed by atoms with van der Waals surface area (Å²) in [4.78, 5) is 36.4. The predicted molar refractivity (Wildman–Crippen MR) is 109 cm³/mol. The van der Waals surface area contributed by atoms with Gasteiger partial charge in [0.2, 0.25) is 6.10 Å². The highest BCUT2D eigenvalue weighted by Crippen LogP contribution is 2.27. The molecule has 0 heterocycles. The fourth-order valence-corrected chi connectivity index (χ4v) is 2.94. The number of thioether (sulfide) groups is 1. The zero-order chi connectivity index (χ0) is 22.9. The Morgan fingerprint density at radius 3 is 2.43 bits per heavy atom. The van der Waals surface area contributed by atoms with Crippen LogP contribution in [0.15, 0.2) is 24.3 Å². The number of carboxylic acids is 1. The molecule has 10 nitrogen and oxygen atoms in total. The number of quaternary nitrogens is 1.